The van der Waals surface area contributed by atoms with Crippen molar-refractivity contribution in [1.29, 1.82) is 0 Å². The van der Waals surface area contributed by atoms with Gasteiger partial charge in [0.2, 0.25) is 0 Å². The quantitative estimate of drug-likeness (QED) is 0.304. The van der Waals surface area contributed by atoms with Crippen molar-refractivity contribution in [3.05, 3.63) is 0 Å². The third-order valence-corrected chi connectivity index (χ3v) is 17.4. The lowest BCUT2D eigenvalue weighted by molar-refractivity contribution is 0.0291. The van der Waals surface area contributed by atoms with E-state index in [1.807, 2.05) is 48.5 Å². The molecule has 0 fully saturated rings. The summed E-state index contributed by atoms with van der Waals surface area (Å²) in [5.74, 6) is 0. The molecule has 0 amide bonds. The van der Waals surface area contributed by atoms with Gasteiger partial charge in [0.1, 0.15) is 5.73 Å². The molecule has 2 atom stereocenters. The fraction of sp³-hybridized carbons (Fsp3) is 1.00. The molecule has 0 saturated heterocycles. The van der Waals surface area contributed by atoms with Crippen LogP contribution in [0.2, 0.25) is 18.3 Å². The highest BCUT2D eigenvalue weighted by molar-refractivity contribution is 6.88. The lowest BCUT2D eigenvalue weighted by Crippen LogP contribution is -2.63. The van der Waals surface area contributed by atoms with Crippen LogP contribution in [-0.2, 0) is 31.0 Å². The Labute approximate surface area is 176 Å². The first-order valence-corrected chi connectivity index (χ1v) is 17.2. The highest BCUT2D eigenvalue weighted by Gasteiger charge is 2.58. The van der Waals surface area contributed by atoms with E-state index in [-0.39, 0.29) is 10.9 Å². The van der Waals surface area contributed by atoms with Gasteiger partial charge < -0.3 is 31.0 Å². The second kappa shape index (κ2) is 13.6. The molecule has 0 radical (unpaired) electrons. The van der Waals surface area contributed by atoms with E-state index in [0.29, 0.717) is 39.6 Å². The monoisotopic (exact) mass is 456 g/mol. The summed E-state index contributed by atoms with van der Waals surface area (Å²) in [5, 5.41) is 0.0406. The van der Waals surface area contributed by atoms with Gasteiger partial charge in [0, 0.05) is 44.8 Å². The molecule has 0 spiro atoms. The fourth-order valence-electron chi connectivity index (χ4n) is 3.24. The summed E-state index contributed by atoms with van der Waals surface area (Å²) < 4.78 is 43.2. The van der Waals surface area contributed by atoms with Crippen LogP contribution in [-0.4, -0.2) is 71.3 Å². The van der Waals surface area contributed by atoms with Crippen LogP contribution in [0.5, 0.6) is 0 Å². The Morgan fingerprint density at radius 3 is 1.11 bits per heavy atom. The Bertz CT molecular complexity index is 379. The average Bonchev–Trinajstić information content (AvgIpc) is 2.61. The Morgan fingerprint density at radius 2 is 0.821 bits per heavy atom. The summed E-state index contributed by atoms with van der Waals surface area (Å²) in [6.07, 6.45) is 0. The SMILES string of the molecule is CCO[Si](OCC)(OCC)C(C)O[Si](C)(C)C(C)[Si](OCC)(OCC)OCC. The maximum atomic E-state index is 6.69. The smallest absolute Gasteiger partial charge is 0.410 e. The van der Waals surface area contributed by atoms with Crippen LogP contribution >= 0.6 is 0 Å². The standard InChI is InChI=1S/C18H44O7Si3/c1-11-19-27(20-12-2,21-13-3)17(7)25-26(9,10)18(8)28(22-14-4,23-15-5)24-16-6/h17-18H,11-16H2,1-10H3. The lowest BCUT2D eigenvalue weighted by Gasteiger charge is -2.43. The van der Waals surface area contributed by atoms with Crippen LogP contribution in [0.3, 0.4) is 0 Å². The van der Waals surface area contributed by atoms with Crippen LogP contribution in [0, 0.1) is 0 Å². The first kappa shape index (κ1) is 28.4. The molecule has 0 heterocycles. The van der Waals surface area contributed by atoms with Crippen LogP contribution < -0.4 is 0 Å². The van der Waals surface area contributed by atoms with Gasteiger partial charge in [-0.1, -0.05) is 6.92 Å². The van der Waals surface area contributed by atoms with Gasteiger partial charge in [-0.25, -0.2) is 0 Å². The third kappa shape index (κ3) is 7.56. The normalized spacial score (nSPS) is 15.6. The molecule has 0 aromatic carbocycles. The van der Waals surface area contributed by atoms with Crippen molar-refractivity contribution in [3.63, 3.8) is 0 Å². The highest BCUT2D eigenvalue weighted by Crippen LogP contribution is 2.37. The number of hydrogen-bond donors (Lipinski definition) is 0. The van der Waals surface area contributed by atoms with Crippen LogP contribution in [0.4, 0.5) is 0 Å². The first-order valence-electron chi connectivity index (χ1n) is 10.7. The lowest BCUT2D eigenvalue weighted by atomic mass is 10.9. The van der Waals surface area contributed by atoms with Gasteiger partial charge in [-0.15, -0.1) is 0 Å². The van der Waals surface area contributed by atoms with E-state index in [1.54, 1.807) is 0 Å². The van der Waals surface area contributed by atoms with Gasteiger partial charge in [-0.3, -0.25) is 0 Å². The molecule has 28 heavy (non-hydrogen) atoms. The zero-order valence-corrected chi connectivity index (χ0v) is 22.8. The Morgan fingerprint density at radius 1 is 0.536 bits per heavy atom. The van der Waals surface area contributed by atoms with Gasteiger partial charge >= 0.3 is 17.6 Å². The summed E-state index contributed by atoms with van der Waals surface area (Å²) in [4.78, 5) is 0. The Balaban J connectivity index is 5.73. The predicted molar refractivity (Wildman–Crippen MR) is 119 cm³/mol. The van der Waals surface area contributed by atoms with E-state index in [0.717, 1.165) is 0 Å². The first-order chi connectivity index (χ1) is 13.1. The van der Waals surface area contributed by atoms with Crippen molar-refractivity contribution in [1.82, 2.24) is 0 Å². The fourth-order valence-corrected chi connectivity index (χ4v) is 14.6. The van der Waals surface area contributed by atoms with Crippen LogP contribution in [0.25, 0.3) is 0 Å². The maximum Gasteiger partial charge on any atom is 0.529 e. The zero-order chi connectivity index (χ0) is 21.8. The van der Waals surface area contributed by atoms with Crippen molar-refractivity contribution in [2.24, 2.45) is 0 Å². The van der Waals surface area contributed by atoms with Gasteiger partial charge in [0.25, 0.3) is 0 Å². The molecular weight excluding hydrogens is 412 g/mol. The average molecular weight is 457 g/mol. The minimum Gasteiger partial charge on any atom is -0.410 e. The minimum atomic E-state index is -2.96. The summed E-state index contributed by atoms with van der Waals surface area (Å²) >= 11 is 0. The molecule has 0 rings (SSSR count). The van der Waals surface area contributed by atoms with Crippen molar-refractivity contribution in [2.75, 3.05) is 39.6 Å². The van der Waals surface area contributed by atoms with Gasteiger partial charge in [0.15, 0.2) is 8.32 Å². The van der Waals surface area contributed by atoms with E-state index in [4.69, 9.17) is 31.0 Å². The van der Waals surface area contributed by atoms with Crippen molar-refractivity contribution >= 4 is 25.9 Å². The van der Waals surface area contributed by atoms with Crippen molar-refractivity contribution in [2.45, 2.75) is 79.4 Å². The summed E-state index contributed by atoms with van der Waals surface area (Å²) in [5.41, 5.74) is -0.284. The molecule has 10 heteroatoms. The Hall–Kier alpha value is 0.371. The van der Waals surface area contributed by atoms with Gasteiger partial charge in [-0.2, -0.15) is 0 Å². The molecule has 0 aromatic heterocycles. The van der Waals surface area contributed by atoms with E-state index in [1.165, 1.54) is 0 Å². The molecule has 170 valence electrons. The van der Waals surface area contributed by atoms with Gasteiger partial charge in [-0.05, 0) is 61.6 Å². The summed E-state index contributed by atoms with van der Waals surface area (Å²) in [6.45, 7) is 23.5. The predicted octanol–water partition coefficient (Wildman–Crippen LogP) is 4.16. The van der Waals surface area contributed by atoms with E-state index in [9.17, 15) is 0 Å². The minimum absolute atomic E-state index is 0.0406. The molecule has 7 nitrogen and oxygen atoms in total. The molecule has 0 aliphatic heterocycles. The third-order valence-electron chi connectivity index (χ3n) is 4.62. The van der Waals surface area contributed by atoms with Crippen LogP contribution in [0.1, 0.15) is 55.4 Å². The van der Waals surface area contributed by atoms with E-state index in [2.05, 4.69) is 20.0 Å². The second-order valence-corrected chi connectivity index (χ2v) is 17.6. The molecule has 0 aliphatic carbocycles. The van der Waals surface area contributed by atoms with Crippen molar-refractivity contribution in [3.8, 4) is 0 Å². The van der Waals surface area contributed by atoms with Gasteiger partial charge in [0.05, 0.1) is 0 Å². The molecule has 0 saturated carbocycles. The Kier molecular flexibility index (Phi) is 13.8. The molecular formula is C18H44O7Si3. The van der Waals surface area contributed by atoms with E-state index >= 15 is 0 Å². The molecule has 0 bridgehead atoms. The molecule has 0 N–H and O–H groups in total. The molecule has 2 unspecified atom stereocenters. The van der Waals surface area contributed by atoms with E-state index < -0.39 is 25.9 Å². The summed E-state index contributed by atoms with van der Waals surface area (Å²) in [7, 11) is -8.18. The molecule has 0 aromatic rings. The maximum absolute atomic E-state index is 6.69. The zero-order valence-electron chi connectivity index (χ0n) is 19.8. The largest absolute Gasteiger partial charge is 0.529 e. The number of hydrogen-bond acceptors (Lipinski definition) is 7. The van der Waals surface area contributed by atoms with Crippen LogP contribution in [0.15, 0.2) is 0 Å². The highest BCUT2D eigenvalue weighted by atomic mass is 28.4. The number of rotatable bonds is 17. The topological polar surface area (TPSA) is 64.6 Å². The summed E-state index contributed by atoms with van der Waals surface area (Å²) in [6, 6.07) is 0. The van der Waals surface area contributed by atoms with Crippen molar-refractivity contribution < 1.29 is 31.0 Å². The second-order valence-electron chi connectivity index (χ2n) is 6.89. The molecule has 0 aliphatic rings.